The monoisotopic (exact) mass is 692 g/mol. The summed E-state index contributed by atoms with van der Waals surface area (Å²) in [5.74, 6) is 0.457. The lowest BCUT2D eigenvalue weighted by Crippen LogP contribution is -2.37. The van der Waals surface area contributed by atoms with Crippen molar-refractivity contribution in [2.45, 2.75) is 84.6 Å². The predicted molar refractivity (Wildman–Crippen MR) is 192 cm³/mol. The summed E-state index contributed by atoms with van der Waals surface area (Å²) in [6, 6.07) is 15.1. The molecule has 3 aromatic rings. The zero-order valence-electron chi connectivity index (χ0n) is 26.4. The highest BCUT2D eigenvalue weighted by Gasteiger charge is 2.25. The van der Waals surface area contributed by atoms with Crippen molar-refractivity contribution < 1.29 is 26.4 Å². The van der Waals surface area contributed by atoms with Crippen LogP contribution in [-0.4, -0.2) is 47.7 Å². The van der Waals surface area contributed by atoms with E-state index in [9.17, 15) is 26.4 Å². The number of anilines is 2. The number of hydrogen-bond donors (Lipinski definition) is 0. The third-order valence-corrected chi connectivity index (χ3v) is 10.5. The molecule has 0 saturated heterocycles. The molecule has 0 radical (unpaired) electrons. The lowest BCUT2D eigenvalue weighted by Gasteiger charge is -2.27. The quantitative estimate of drug-likeness (QED) is 0.214. The van der Waals surface area contributed by atoms with Gasteiger partial charge in [0.25, 0.3) is 0 Å². The summed E-state index contributed by atoms with van der Waals surface area (Å²) in [5.41, 5.74) is 2.56. The van der Waals surface area contributed by atoms with Crippen LogP contribution in [0.15, 0.2) is 75.1 Å². The Bertz CT molecular complexity index is 1590. The lowest BCUT2D eigenvalue weighted by atomic mass is 10.1. The van der Waals surface area contributed by atoms with Gasteiger partial charge in [0.15, 0.2) is 19.7 Å². The van der Waals surface area contributed by atoms with E-state index >= 15 is 0 Å². The molecule has 1 aromatic heterocycles. The van der Waals surface area contributed by atoms with Gasteiger partial charge < -0.3 is 9.80 Å². The van der Waals surface area contributed by atoms with Gasteiger partial charge in [-0.1, -0.05) is 55.4 Å². The first-order valence-electron chi connectivity index (χ1n) is 14.8. The minimum absolute atomic E-state index is 0. The number of nitrogens with zero attached hydrogens (tertiary/aromatic N) is 2. The molecule has 1 aliphatic carbocycles. The van der Waals surface area contributed by atoms with Crippen LogP contribution in [0.3, 0.4) is 0 Å². The van der Waals surface area contributed by atoms with Crippen LogP contribution in [0.2, 0.25) is 0 Å². The van der Waals surface area contributed by atoms with Crippen molar-refractivity contribution in [2.24, 2.45) is 17.8 Å². The maximum absolute atomic E-state index is 12.5. The number of benzene rings is 2. The molecule has 0 bridgehead atoms. The van der Waals surface area contributed by atoms with Crippen LogP contribution in [-0.2, 0) is 35.8 Å². The number of thiophene rings is 1. The second-order valence-corrected chi connectivity index (χ2v) is 16.8. The second-order valence-electron chi connectivity index (χ2n) is 12.0. The molecule has 0 N–H and O–H groups in total. The van der Waals surface area contributed by atoms with E-state index < -0.39 is 19.7 Å². The molecule has 0 unspecified atom stereocenters. The maximum atomic E-state index is 12.5. The molecule has 4 rings (SSSR count). The number of hydrogen-bond acceptors (Lipinski definition) is 7. The van der Waals surface area contributed by atoms with Gasteiger partial charge in [0.05, 0.1) is 16.3 Å². The van der Waals surface area contributed by atoms with Crippen LogP contribution in [0.25, 0.3) is 0 Å². The van der Waals surface area contributed by atoms with Crippen molar-refractivity contribution in [3.63, 3.8) is 0 Å². The Kier molecular flexibility index (Phi) is 15.8. The zero-order valence-corrected chi connectivity index (χ0v) is 28.8. The molecular weight excluding hydrogens is 641 g/mol. The van der Waals surface area contributed by atoms with Crippen molar-refractivity contribution in [3.05, 3.63) is 70.9 Å². The zero-order chi connectivity index (χ0) is 32.7. The van der Waals surface area contributed by atoms with Crippen LogP contribution in [0.5, 0.6) is 0 Å². The summed E-state index contributed by atoms with van der Waals surface area (Å²) in [6.07, 6.45) is 7.18. The number of carbonyl (C=O) groups excluding carboxylic acids is 2. The first kappa shape index (κ1) is 41.0. The summed E-state index contributed by atoms with van der Waals surface area (Å²) in [6.45, 7) is 8.72. The van der Waals surface area contributed by atoms with E-state index in [-0.39, 0.29) is 48.3 Å². The van der Waals surface area contributed by atoms with E-state index in [4.69, 9.17) is 0 Å². The lowest BCUT2D eigenvalue weighted by molar-refractivity contribution is -0.122. The molecule has 8 nitrogen and oxygen atoms in total. The van der Waals surface area contributed by atoms with Gasteiger partial charge >= 0.3 is 0 Å². The highest BCUT2D eigenvalue weighted by atomic mass is 32.2. The fourth-order valence-electron chi connectivity index (χ4n) is 5.01. The van der Waals surface area contributed by atoms with Crippen LogP contribution < -0.4 is 9.80 Å². The molecule has 2 amide bonds. The number of carbonyl (C=O) groups is 2. The van der Waals surface area contributed by atoms with Gasteiger partial charge in [-0.2, -0.15) is 11.3 Å². The maximum Gasteiger partial charge on any atom is 0.229 e. The third-order valence-electron chi connectivity index (χ3n) is 7.51. The molecule has 256 valence electrons. The highest BCUT2D eigenvalue weighted by Crippen LogP contribution is 2.29. The molecule has 1 heterocycles. The van der Waals surface area contributed by atoms with E-state index in [0.29, 0.717) is 18.2 Å². The van der Waals surface area contributed by atoms with Crippen LogP contribution in [0.4, 0.5) is 11.4 Å². The molecule has 0 atom stereocenters. The van der Waals surface area contributed by atoms with Crippen LogP contribution in [0.1, 0.15) is 73.8 Å². The van der Waals surface area contributed by atoms with E-state index in [0.717, 1.165) is 17.8 Å². The van der Waals surface area contributed by atoms with Gasteiger partial charge in [-0.15, -0.1) is 0 Å². The Morgan fingerprint density at radius 1 is 0.717 bits per heavy atom. The van der Waals surface area contributed by atoms with E-state index in [2.05, 4.69) is 0 Å². The summed E-state index contributed by atoms with van der Waals surface area (Å²) >= 11 is 1.59. The fraction of sp³-hybridized carbons (Fsp3) is 0.486. The van der Waals surface area contributed by atoms with Crippen molar-refractivity contribution in [2.75, 3.05) is 28.9 Å². The SMILES string of the molecule is C.C.CC(C)C(=O)N(CC1CCCC1)c1ccc(S(C)(=O)=O)cc1.CC(C)C(=O)N(Cc1ccsc1)c1ccc(S(C)(=O)=O)cc1. The molecule has 0 spiro atoms. The second kappa shape index (κ2) is 17.8. The average Bonchev–Trinajstić information content (AvgIpc) is 3.68. The van der Waals surface area contributed by atoms with Gasteiger partial charge in [-0.05, 0) is 89.7 Å². The molecule has 1 aliphatic rings. The average molecular weight is 693 g/mol. The van der Waals surface area contributed by atoms with E-state index in [1.165, 1.54) is 38.2 Å². The van der Waals surface area contributed by atoms with Crippen molar-refractivity contribution >= 4 is 54.2 Å². The molecule has 1 saturated carbocycles. The van der Waals surface area contributed by atoms with Crippen LogP contribution in [0, 0.1) is 17.8 Å². The minimum atomic E-state index is -3.23. The minimum Gasteiger partial charge on any atom is -0.312 e. The Morgan fingerprint density at radius 2 is 1.13 bits per heavy atom. The van der Waals surface area contributed by atoms with E-state index in [1.54, 1.807) is 64.8 Å². The summed E-state index contributed by atoms with van der Waals surface area (Å²) in [4.78, 5) is 29.0. The van der Waals surface area contributed by atoms with Crippen molar-refractivity contribution in [1.29, 1.82) is 0 Å². The van der Waals surface area contributed by atoms with E-state index in [1.807, 2.05) is 49.4 Å². The number of amides is 2. The Morgan fingerprint density at radius 3 is 1.50 bits per heavy atom. The number of rotatable bonds is 10. The number of sulfone groups is 2. The third kappa shape index (κ3) is 11.7. The van der Waals surface area contributed by atoms with Crippen LogP contribution >= 0.6 is 11.3 Å². The highest BCUT2D eigenvalue weighted by molar-refractivity contribution is 7.91. The topological polar surface area (TPSA) is 109 Å². The van der Waals surface area contributed by atoms with Gasteiger partial charge in [0.1, 0.15) is 0 Å². The first-order valence-corrected chi connectivity index (χ1v) is 19.5. The standard InChI is InChI=1S/C17H25NO3S.C16H19NO3S2.2CH4/c1-13(2)17(19)18(12-14-6-4-5-7-14)15-8-10-16(11-9-15)22(3,20)21;1-12(2)16(18)17(10-13-8-9-21-11-13)14-4-6-15(7-5-14)22(3,19)20;;/h8-11,13-14H,4-7,12H2,1-3H3;4-9,11-12H,10H2,1-3H3;2*1H4. The molecule has 46 heavy (non-hydrogen) atoms. The van der Waals surface area contributed by atoms with Gasteiger partial charge in [-0.25, -0.2) is 16.8 Å². The Balaban J connectivity index is 0.000000441. The molecule has 2 aromatic carbocycles. The normalized spacial score (nSPS) is 13.3. The Hall–Kier alpha value is -3.02. The largest absolute Gasteiger partial charge is 0.312 e. The molecule has 1 fully saturated rings. The first-order chi connectivity index (χ1) is 20.6. The smallest absolute Gasteiger partial charge is 0.229 e. The Labute approximate surface area is 281 Å². The van der Waals surface area contributed by atoms with Gasteiger partial charge in [-0.3, -0.25) is 9.59 Å². The van der Waals surface area contributed by atoms with Crippen molar-refractivity contribution in [3.8, 4) is 0 Å². The summed E-state index contributed by atoms with van der Waals surface area (Å²) in [5, 5.41) is 3.98. The summed E-state index contributed by atoms with van der Waals surface area (Å²) < 4.78 is 46.2. The molecular formula is C35H52N2O6S3. The molecule has 11 heteroatoms. The molecule has 0 aliphatic heterocycles. The predicted octanol–water partition coefficient (Wildman–Crippen LogP) is 7.88. The summed E-state index contributed by atoms with van der Waals surface area (Å²) in [7, 11) is -6.44. The van der Waals surface area contributed by atoms with Gasteiger partial charge in [0, 0.05) is 42.3 Å². The fourth-order valence-corrected chi connectivity index (χ4v) is 6.93. The van der Waals surface area contributed by atoms with Crippen molar-refractivity contribution in [1.82, 2.24) is 0 Å². The van der Waals surface area contributed by atoms with Gasteiger partial charge in [0.2, 0.25) is 11.8 Å².